The highest BCUT2D eigenvalue weighted by Gasteiger charge is 2.11. The quantitative estimate of drug-likeness (QED) is 0.493. The van der Waals surface area contributed by atoms with Gasteiger partial charge in [-0.25, -0.2) is 4.79 Å². The minimum atomic E-state index is -0.473. The van der Waals surface area contributed by atoms with Gasteiger partial charge in [-0.1, -0.05) is 12.7 Å². The predicted octanol–water partition coefficient (Wildman–Crippen LogP) is 1.19. The van der Waals surface area contributed by atoms with Crippen molar-refractivity contribution in [2.75, 3.05) is 26.8 Å². The molecule has 1 amide bonds. The number of ether oxygens (including phenoxy) is 2. The number of rotatable bonds is 6. The van der Waals surface area contributed by atoms with Crippen molar-refractivity contribution in [3.8, 4) is 0 Å². The number of nitrogens with zero attached hydrogens (tertiary/aromatic N) is 1. The van der Waals surface area contributed by atoms with Gasteiger partial charge in [0.25, 0.3) is 0 Å². The van der Waals surface area contributed by atoms with Gasteiger partial charge in [-0.2, -0.15) is 0 Å². The summed E-state index contributed by atoms with van der Waals surface area (Å²) in [6.45, 7) is 5.96. The van der Waals surface area contributed by atoms with Crippen molar-refractivity contribution >= 4 is 12.1 Å². The Kier molecular flexibility index (Phi) is 7.05. The highest BCUT2D eigenvalue weighted by molar-refractivity contribution is 5.71. The van der Waals surface area contributed by atoms with Crippen LogP contribution in [-0.2, 0) is 14.3 Å². The lowest BCUT2D eigenvalue weighted by Crippen LogP contribution is -2.30. The van der Waals surface area contributed by atoms with Crippen LogP contribution in [0.15, 0.2) is 12.7 Å². The first kappa shape index (κ1) is 13.5. The fourth-order valence-electron chi connectivity index (χ4n) is 0.824. The molecule has 0 radical (unpaired) electrons. The predicted molar refractivity (Wildman–Crippen MR) is 55.4 cm³/mol. The molecule has 0 saturated carbocycles. The van der Waals surface area contributed by atoms with E-state index in [0.717, 1.165) is 0 Å². The van der Waals surface area contributed by atoms with Gasteiger partial charge in [0.2, 0.25) is 0 Å². The average Bonchev–Trinajstić information content (AvgIpc) is 2.22. The Morgan fingerprint density at radius 2 is 2.07 bits per heavy atom. The molecule has 0 bridgehead atoms. The molecule has 0 spiro atoms. The summed E-state index contributed by atoms with van der Waals surface area (Å²) in [4.78, 5) is 23.5. The number of esters is 1. The third-order valence-corrected chi connectivity index (χ3v) is 1.59. The zero-order valence-corrected chi connectivity index (χ0v) is 9.19. The molecule has 0 saturated heterocycles. The summed E-state index contributed by atoms with van der Waals surface area (Å²) in [6.07, 6.45) is 1.18. The van der Waals surface area contributed by atoms with Gasteiger partial charge in [-0.15, -0.1) is 0 Å². The van der Waals surface area contributed by atoms with Crippen molar-refractivity contribution in [1.29, 1.82) is 0 Å². The number of carbonyl (C=O) groups excluding carboxylic acids is 2. The Labute approximate surface area is 89.6 Å². The molecule has 0 unspecified atom stereocenters. The second-order valence-electron chi connectivity index (χ2n) is 2.84. The summed E-state index contributed by atoms with van der Waals surface area (Å²) in [5.41, 5.74) is 0. The lowest BCUT2D eigenvalue weighted by atomic mass is 10.4. The Bertz CT molecular complexity index is 227. The van der Waals surface area contributed by atoms with E-state index in [2.05, 4.69) is 6.58 Å². The van der Waals surface area contributed by atoms with Gasteiger partial charge in [0.15, 0.2) is 0 Å². The molecule has 0 heterocycles. The van der Waals surface area contributed by atoms with Gasteiger partial charge < -0.3 is 14.4 Å². The summed E-state index contributed by atoms with van der Waals surface area (Å²) >= 11 is 0. The van der Waals surface area contributed by atoms with Crippen molar-refractivity contribution in [3.05, 3.63) is 12.7 Å². The molecular weight excluding hydrogens is 198 g/mol. The molecule has 0 aromatic rings. The van der Waals surface area contributed by atoms with E-state index in [-0.39, 0.29) is 25.5 Å². The molecule has 0 aromatic carbocycles. The van der Waals surface area contributed by atoms with E-state index in [0.29, 0.717) is 6.61 Å². The maximum Gasteiger partial charge on any atom is 0.409 e. The third kappa shape index (κ3) is 6.54. The molecule has 0 N–H and O–H groups in total. The molecule has 15 heavy (non-hydrogen) atoms. The Hall–Kier alpha value is -1.52. The van der Waals surface area contributed by atoms with Gasteiger partial charge in [0.1, 0.15) is 6.61 Å². The minimum Gasteiger partial charge on any atom is -0.466 e. The van der Waals surface area contributed by atoms with Crippen LogP contribution < -0.4 is 0 Å². The first-order valence-corrected chi connectivity index (χ1v) is 4.76. The maximum atomic E-state index is 11.2. The van der Waals surface area contributed by atoms with Crippen molar-refractivity contribution in [1.82, 2.24) is 4.90 Å². The SMILES string of the molecule is C=CCOC(=O)N(C)CCC(=O)OCC. The first-order chi connectivity index (χ1) is 7.11. The van der Waals surface area contributed by atoms with Gasteiger partial charge >= 0.3 is 12.1 Å². The van der Waals surface area contributed by atoms with Crippen molar-refractivity contribution in [3.63, 3.8) is 0 Å². The van der Waals surface area contributed by atoms with Gasteiger partial charge in [0.05, 0.1) is 13.0 Å². The summed E-state index contributed by atoms with van der Waals surface area (Å²) in [5.74, 6) is -0.319. The zero-order chi connectivity index (χ0) is 11.7. The molecule has 0 aromatic heterocycles. The molecule has 0 aliphatic heterocycles. The largest absolute Gasteiger partial charge is 0.466 e. The molecule has 0 aliphatic carbocycles. The lowest BCUT2D eigenvalue weighted by Gasteiger charge is -2.15. The van der Waals surface area contributed by atoms with E-state index in [4.69, 9.17) is 9.47 Å². The summed E-state index contributed by atoms with van der Waals surface area (Å²) < 4.78 is 9.48. The van der Waals surface area contributed by atoms with E-state index >= 15 is 0 Å². The van der Waals surface area contributed by atoms with Crippen LogP contribution in [-0.4, -0.2) is 43.8 Å². The van der Waals surface area contributed by atoms with Gasteiger partial charge in [-0.05, 0) is 6.92 Å². The van der Waals surface area contributed by atoms with Crippen LogP contribution in [0.25, 0.3) is 0 Å². The van der Waals surface area contributed by atoms with Crippen molar-refractivity contribution < 1.29 is 19.1 Å². The van der Waals surface area contributed by atoms with Crippen LogP contribution in [0, 0.1) is 0 Å². The van der Waals surface area contributed by atoms with Crippen LogP contribution >= 0.6 is 0 Å². The Morgan fingerprint density at radius 3 is 2.60 bits per heavy atom. The van der Waals surface area contributed by atoms with Crippen LogP contribution in [0.2, 0.25) is 0 Å². The second kappa shape index (κ2) is 7.84. The van der Waals surface area contributed by atoms with E-state index in [1.54, 1.807) is 14.0 Å². The third-order valence-electron chi connectivity index (χ3n) is 1.59. The number of hydrogen-bond acceptors (Lipinski definition) is 4. The smallest absolute Gasteiger partial charge is 0.409 e. The molecule has 0 rings (SSSR count). The Morgan fingerprint density at radius 1 is 1.40 bits per heavy atom. The normalized spacial score (nSPS) is 9.20. The van der Waals surface area contributed by atoms with Crippen LogP contribution in [0.3, 0.4) is 0 Å². The molecule has 0 aliphatic rings. The summed E-state index contributed by atoms with van der Waals surface area (Å²) in [6, 6.07) is 0. The van der Waals surface area contributed by atoms with Crippen molar-refractivity contribution in [2.24, 2.45) is 0 Å². The van der Waals surface area contributed by atoms with Crippen molar-refractivity contribution in [2.45, 2.75) is 13.3 Å². The zero-order valence-electron chi connectivity index (χ0n) is 9.19. The maximum absolute atomic E-state index is 11.2. The summed E-state index contributed by atoms with van der Waals surface area (Å²) in [7, 11) is 1.56. The van der Waals surface area contributed by atoms with Gasteiger partial charge in [-0.3, -0.25) is 4.79 Å². The fourth-order valence-corrected chi connectivity index (χ4v) is 0.824. The molecule has 5 nitrogen and oxygen atoms in total. The van der Waals surface area contributed by atoms with E-state index in [1.165, 1.54) is 11.0 Å². The first-order valence-electron chi connectivity index (χ1n) is 4.76. The Balaban J connectivity index is 3.72. The van der Waals surface area contributed by atoms with E-state index < -0.39 is 6.09 Å². The van der Waals surface area contributed by atoms with Crippen LogP contribution in [0.4, 0.5) is 4.79 Å². The summed E-state index contributed by atoms with van der Waals surface area (Å²) in [5, 5.41) is 0. The lowest BCUT2D eigenvalue weighted by molar-refractivity contribution is -0.143. The highest BCUT2D eigenvalue weighted by Crippen LogP contribution is 1.94. The monoisotopic (exact) mass is 215 g/mol. The van der Waals surface area contributed by atoms with Gasteiger partial charge in [0, 0.05) is 13.6 Å². The minimum absolute atomic E-state index is 0.169. The number of hydrogen-bond donors (Lipinski definition) is 0. The molecule has 86 valence electrons. The molecular formula is C10H17NO4. The fraction of sp³-hybridized carbons (Fsp3) is 0.600. The second-order valence-corrected chi connectivity index (χ2v) is 2.84. The standard InChI is InChI=1S/C10H17NO4/c1-4-8-15-10(13)11(3)7-6-9(12)14-5-2/h4H,1,5-8H2,2-3H3. The molecule has 0 fully saturated rings. The van der Waals surface area contributed by atoms with Crippen LogP contribution in [0.1, 0.15) is 13.3 Å². The van der Waals surface area contributed by atoms with E-state index in [9.17, 15) is 9.59 Å². The molecule has 0 atom stereocenters. The number of carbonyl (C=O) groups is 2. The highest BCUT2D eigenvalue weighted by atomic mass is 16.6. The van der Waals surface area contributed by atoms with E-state index in [1.807, 2.05) is 0 Å². The number of amides is 1. The molecule has 5 heteroatoms. The topological polar surface area (TPSA) is 55.8 Å². The average molecular weight is 215 g/mol. The van der Waals surface area contributed by atoms with Crippen LogP contribution in [0.5, 0.6) is 0 Å².